The maximum atomic E-state index is 12.9. The molecule has 4 aromatic carbocycles. The summed E-state index contributed by atoms with van der Waals surface area (Å²) in [4.78, 5) is 38.5. The van der Waals surface area contributed by atoms with Crippen LogP contribution in [-0.2, 0) is 14.4 Å². The molecule has 0 saturated carbocycles. The molecule has 4 aromatic rings. The van der Waals surface area contributed by atoms with Gasteiger partial charge in [0.1, 0.15) is 0 Å². The molecule has 0 radical (unpaired) electrons. The molecule has 0 aromatic heterocycles. The number of carbonyl (C=O) groups excluding carboxylic acids is 3. The third-order valence-electron chi connectivity index (χ3n) is 5.90. The Kier molecular flexibility index (Phi) is 8.62. The van der Waals surface area contributed by atoms with E-state index in [4.69, 9.17) is 0 Å². The predicted octanol–water partition coefficient (Wildman–Crippen LogP) is 8.85. The molecule has 0 aliphatic rings. The van der Waals surface area contributed by atoms with E-state index in [1.54, 1.807) is 24.3 Å². The molecule has 3 nitrogen and oxygen atoms in total. The number of ketones is 1. The molecule has 0 N–H and O–H groups in total. The molecule has 4 rings (SSSR count). The average molecular weight is 535 g/mol. The zero-order chi connectivity index (χ0) is 27.2. The van der Waals surface area contributed by atoms with Gasteiger partial charge in [-0.15, -0.1) is 0 Å². The first-order chi connectivity index (χ1) is 18.3. The first-order valence-corrected chi connectivity index (χ1v) is 13.6. The van der Waals surface area contributed by atoms with Gasteiger partial charge in [-0.1, -0.05) is 110 Å². The van der Waals surface area contributed by atoms with Gasteiger partial charge in [-0.25, -0.2) is 0 Å². The lowest BCUT2D eigenvalue weighted by molar-refractivity contribution is -0.110. The van der Waals surface area contributed by atoms with Gasteiger partial charge in [0.25, 0.3) is 0 Å². The van der Waals surface area contributed by atoms with Crippen LogP contribution < -0.4 is 0 Å². The summed E-state index contributed by atoms with van der Waals surface area (Å²) in [6, 6.07) is 19.7. The van der Waals surface area contributed by atoms with Crippen molar-refractivity contribution in [2.24, 2.45) is 0 Å². The summed E-state index contributed by atoms with van der Waals surface area (Å²) in [5, 5.41) is 3.86. The molecular weight excluding hydrogens is 508 g/mol. The van der Waals surface area contributed by atoms with Crippen LogP contribution >= 0.6 is 23.5 Å². The maximum absolute atomic E-state index is 12.9. The van der Waals surface area contributed by atoms with Crippen LogP contribution in [0.4, 0.5) is 0 Å². The van der Waals surface area contributed by atoms with Gasteiger partial charge in [-0.05, 0) is 68.1 Å². The Balaban J connectivity index is 1.71. The number of hydrogen-bond acceptors (Lipinski definition) is 5. The highest BCUT2D eigenvalue weighted by Gasteiger charge is 2.14. The van der Waals surface area contributed by atoms with E-state index in [9.17, 15) is 14.4 Å². The van der Waals surface area contributed by atoms with Crippen LogP contribution in [0.5, 0.6) is 0 Å². The second-order valence-corrected chi connectivity index (χ2v) is 10.9. The number of hydrogen-bond donors (Lipinski definition) is 0. The second-order valence-electron chi connectivity index (χ2n) is 8.52. The van der Waals surface area contributed by atoms with Crippen LogP contribution in [0.1, 0.15) is 36.1 Å². The van der Waals surface area contributed by atoms with E-state index >= 15 is 0 Å². The van der Waals surface area contributed by atoms with Crippen LogP contribution in [-0.4, -0.2) is 16.0 Å². The lowest BCUT2D eigenvalue weighted by Gasteiger charge is -2.12. The fourth-order valence-electron chi connectivity index (χ4n) is 4.31. The zero-order valence-corrected chi connectivity index (χ0v) is 22.8. The van der Waals surface area contributed by atoms with Gasteiger partial charge in [0.2, 0.25) is 0 Å². The molecule has 0 spiro atoms. The van der Waals surface area contributed by atoms with Gasteiger partial charge in [-0.2, -0.15) is 0 Å². The predicted molar refractivity (Wildman–Crippen MR) is 164 cm³/mol. The first-order valence-electron chi connectivity index (χ1n) is 12.0. The summed E-state index contributed by atoms with van der Waals surface area (Å²) in [6.45, 7) is 11.0. The SMILES string of the molecule is C=Cc1c(C=CC(=O)C=Cc2cc3ccccc3c(SC(C)=O)c2C=C)cc2ccccc2c1SC(C)=O. The van der Waals surface area contributed by atoms with Crippen molar-refractivity contribution in [3.8, 4) is 0 Å². The number of carbonyl (C=O) groups is 3. The fourth-order valence-corrected chi connectivity index (χ4v) is 6.09. The van der Waals surface area contributed by atoms with E-state index < -0.39 is 0 Å². The summed E-state index contributed by atoms with van der Waals surface area (Å²) < 4.78 is 0. The van der Waals surface area contributed by atoms with E-state index in [-0.39, 0.29) is 16.0 Å². The first kappa shape index (κ1) is 27.1. The Morgan fingerprint density at radius 3 is 1.42 bits per heavy atom. The molecule has 0 unspecified atom stereocenters. The monoisotopic (exact) mass is 534 g/mol. The molecular formula is C33H26O3S2. The number of benzene rings is 4. The quantitative estimate of drug-likeness (QED) is 0.167. The largest absolute Gasteiger partial charge is 0.290 e. The molecule has 188 valence electrons. The second kappa shape index (κ2) is 12.1. The van der Waals surface area contributed by atoms with E-state index in [0.717, 1.165) is 53.6 Å². The van der Waals surface area contributed by atoms with Crippen LogP contribution in [0, 0.1) is 0 Å². The van der Waals surface area contributed by atoms with Crippen molar-refractivity contribution in [2.45, 2.75) is 23.6 Å². The Morgan fingerprint density at radius 1 is 0.658 bits per heavy atom. The molecule has 0 aliphatic heterocycles. The van der Waals surface area contributed by atoms with Crippen molar-refractivity contribution in [1.82, 2.24) is 0 Å². The van der Waals surface area contributed by atoms with E-state index in [1.807, 2.05) is 60.7 Å². The minimum atomic E-state index is -0.196. The average Bonchev–Trinajstić information content (AvgIpc) is 2.90. The van der Waals surface area contributed by atoms with Gasteiger partial charge >= 0.3 is 0 Å². The molecule has 0 amide bonds. The van der Waals surface area contributed by atoms with Gasteiger partial charge in [0.15, 0.2) is 16.0 Å². The Labute approximate surface area is 231 Å². The third-order valence-corrected chi connectivity index (χ3v) is 7.76. The summed E-state index contributed by atoms with van der Waals surface area (Å²) in [7, 11) is 0. The maximum Gasteiger partial charge on any atom is 0.190 e. The van der Waals surface area contributed by atoms with Crippen LogP contribution in [0.15, 0.2) is 95.8 Å². The molecule has 0 heterocycles. The van der Waals surface area contributed by atoms with Crippen molar-refractivity contribution >= 4 is 85.4 Å². The van der Waals surface area contributed by atoms with Gasteiger partial charge in [-0.3, -0.25) is 14.4 Å². The summed E-state index contributed by atoms with van der Waals surface area (Å²) >= 11 is 2.33. The van der Waals surface area contributed by atoms with Crippen LogP contribution in [0.2, 0.25) is 0 Å². The fraction of sp³-hybridized carbons (Fsp3) is 0.0606. The lowest BCUT2D eigenvalue weighted by atomic mass is 9.99. The number of allylic oxidation sites excluding steroid dienone is 2. The number of thioether (sulfide) groups is 2. The Bertz CT molecular complexity index is 1550. The highest BCUT2D eigenvalue weighted by Crippen LogP contribution is 2.37. The van der Waals surface area contributed by atoms with E-state index in [1.165, 1.54) is 49.5 Å². The lowest BCUT2D eigenvalue weighted by Crippen LogP contribution is -1.94. The van der Waals surface area contributed by atoms with Crippen molar-refractivity contribution in [1.29, 1.82) is 0 Å². The van der Waals surface area contributed by atoms with Crippen LogP contribution in [0.25, 0.3) is 45.8 Å². The molecule has 0 saturated heterocycles. The van der Waals surface area contributed by atoms with Crippen molar-refractivity contribution in [3.63, 3.8) is 0 Å². The summed E-state index contributed by atoms with van der Waals surface area (Å²) in [5.41, 5.74) is 3.24. The Hall–Kier alpha value is -3.93. The zero-order valence-electron chi connectivity index (χ0n) is 21.2. The van der Waals surface area contributed by atoms with E-state index in [0.29, 0.717) is 0 Å². The smallest absolute Gasteiger partial charge is 0.190 e. The van der Waals surface area contributed by atoms with Crippen molar-refractivity contribution in [3.05, 3.63) is 108 Å². The normalized spacial score (nSPS) is 11.4. The van der Waals surface area contributed by atoms with Crippen molar-refractivity contribution in [2.75, 3.05) is 0 Å². The van der Waals surface area contributed by atoms with Gasteiger partial charge in [0.05, 0.1) is 0 Å². The molecule has 0 atom stereocenters. The highest BCUT2D eigenvalue weighted by atomic mass is 32.2. The third kappa shape index (κ3) is 5.96. The standard InChI is InChI=1S/C33H26O3S2/c1-5-28-25(19-23-11-7-9-13-30(23)32(28)37-21(3)34)15-17-27(36)18-16-26-20-24-12-8-10-14-31(24)33(29(26)6-2)38-22(4)35/h5-20H,1-2H2,3-4H3. The molecule has 5 heteroatoms. The van der Waals surface area contributed by atoms with Gasteiger partial charge in [0, 0.05) is 23.6 Å². The number of fused-ring (bicyclic) bond motifs is 2. The topological polar surface area (TPSA) is 51.2 Å². The molecule has 0 aliphatic carbocycles. The summed E-state index contributed by atoms with van der Waals surface area (Å²) in [6.07, 6.45) is 9.97. The van der Waals surface area contributed by atoms with E-state index in [2.05, 4.69) is 13.2 Å². The molecule has 0 fully saturated rings. The summed E-state index contributed by atoms with van der Waals surface area (Å²) in [5.74, 6) is -0.196. The molecule has 38 heavy (non-hydrogen) atoms. The minimum absolute atomic E-state index is 0.0193. The van der Waals surface area contributed by atoms with Gasteiger partial charge < -0.3 is 0 Å². The van der Waals surface area contributed by atoms with Crippen LogP contribution in [0.3, 0.4) is 0 Å². The van der Waals surface area contributed by atoms with Crippen molar-refractivity contribution < 1.29 is 14.4 Å². The number of rotatable bonds is 8. The highest BCUT2D eigenvalue weighted by molar-refractivity contribution is 8.14. The Morgan fingerprint density at radius 2 is 1.05 bits per heavy atom. The molecule has 0 bridgehead atoms. The minimum Gasteiger partial charge on any atom is -0.290 e.